The maximum Gasteiger partial charge on any atom is 0.119 e. The molecule has 0 aromatic heterocycles. The topological polar surface area (TPSA) is 44.5 Å². The molecule has 94 valence electrons. The summed E-state index contributed by atoms with van der Waals surface area (Å²) in [6.45, 7) is 5.39. The average Bonchev–Trinajstić information content (AvgIpc) is 2.28. The lowest BCUT2D eigenvalue weighted by Gasteiger charge is -2.09. The van der Waals surface area contributed by atoms with Gasteiger partial charge in [-0.25, -0.2) is 0 Å². The van der Waals surface area contributed by atoms with E-state index in [2.05, 4.69) is 0 Å². The second-order valence-corrected chi connectivity index (χ2v) is 4.45. The third-order valence-corrected chi connectivity index (χ3v) is 2.36. The fourth-order valence-electron chi connectivity index (χ4n) is 1.31. The van der Waals surface area contributed by atoms with Crippen molar-refractivity contribution in [3.63, 3.8) is 0 Å². The second-order valence-electron chi connectivity index (χ2n) is 4.01. The Morgan fingerprint density at radius 2 is 2.12 bits per heavy atom. The van der Waals surface area contributed by atoms with Crippen molar-refractivity contribution < 1.29 is 9.47 Å². The Balaban J connectivity index is 2.31. The van der Waals surface area contributed by atoms with Crippen LogP contribution in [0.25, 0.3) is 0 Å². The van der Waals surface area contributed by atoms with E-state index in [1.54, 1.807) is 0 Å². The Kier molecular flexibility index (Phi) is 5.94. The van der Waals surface area contributed by atoms with Crippen molar-refractivity contribution in [2.45, 2.75) is 26.4 Å². The molecule has 0 unspecified atom stereocenters. The SMILES string of the molecule is CC(C)OCCCOc1cccc(C(N)=S)c1. The van der Waals surface area contributed by atoms with E-state index < -0.39 is 0 Å². The molecule has 0 saturated carbocycles. The number of nitrogens with two attached hydrogens (primary N) is 1. The van der Waals surface area contributed by atoms with Gasteiger partial charge in [0.05, 0.1) is 19.3 Å². The van der Waals surface area contributed by atoms with Crippen LogP contribution in [0.15, 0.2) is 24.3 Å². The zero-order valence-corrected chi connectivity index (χ0v) is 11.1. The molecule has 0 spiro atoms. The molecule has 0 aliphatic heterocycles. The van der Waals surface area contributed by atoms with Crippen molar-refractivity contribution in [1.29, 1.82) is 0 Å². The fourth-order valence-corrected chi connectivity index (χ4v) is 1.43. The van der Waals surface area contributed by atoms with E-state index in [9.17, 15) is 0 Å². The molecule has 1 aromatic rings. The van der Waals surface area contributed by atoms with Crippen LogP contribution in [0.5, 0.6) is 5.75 Å². The Bertz CT molecular complexity index is 366. The molecule has 0 amide bonds. The first-order chi connectivity index (χ1) is 8.09. The van der Waals surface area contributed by atoms with E-state index in [1.165, 1.54) is 0 Å². The van der Waals surface area contributed by atoms with E-state index in [0.29, 0.717) is 18.2 Å². The van der Waals surface area contributed by atoms with Gasteiger partial charge in [-0.15, -0.1) is 0 Å². The third-order valence-electron chi connectivity index (χ3n) is 2.13. The number of ether oxygens (including phenoxy) is 2. The standard InChI is InChI=1S/C13H19NO2S/c1-10(2)15-7-4-8-16-12-6-3-5-11(9-12)13(14)17/h3,5-6,9-10H,4,7-8H2,1-2H3,(H2,14,17). The molecule has 4 heteroatoms. The minimum atomic E-state index is 0.271. The highest BCUT2D eigenvalue weighted by molar-refractivity contribution is 7.80. The first-order valence-corrected chi connectivity index (χ1v) is 6.14. The highest BCUT2D eigenvalue weighted by Crippen LogP contribution is 2.13. The summed E-state index contributed by atoms with van der Waals surface area (Å²) >= 11 is 4.91. The monoisotopic (exact) mass is 253 g/mol. The predicted molar refractivity (Wildman–Crippen MR) is 73.5 cm³/mol. The van der Waals surface area contributed by atoms with Crippen molar-refractivity contribution in [2.24, 2.45) is 5.73 Å². The Labute approximate surface area is 108 Å². The van der Waals surface area contributed by atoms with Crippen molar-refractivity contribution in [2.75, 3.05) is 13.2 Å². The summed E-state index contributed by atoms with van der Waals surface area (Å²) in [6.07, 6.45) is 1.14. The van der Waals surface area contributed by atoms with Crippen molar-refractivity contribution in [3.8, 4) is 5.75 Å². The van der Waals surface area contributed by atoms with Crippen LogP contribution in [0.3, 0.4) is 0 Å². The highest BCUT2D eigenvalue weighted by atomic mass is 32.1. The van der Waals surface area contributed by atoms with Crippen LogP contribution in [0.2, 0.25) is 0 Å². The van der Waals surface area contributed by atoms with E-state index in [4.69, 9.17) is 27.4 Å². The number of benzene rings is 1. The van der Waals surface area contributed by atoms with Gasteiger partial charge in [0.1, 0.15) is 10.7 Å². The molecule has 0 bridgehead atoms. The van der Waals surface area contributed by atoms with Gasteiger partial charge in [0.25, 0.3) is 0 Å². The molecule has 0 radical (unpaired) electrons. The zero-order valence-electron chi connectivity index (χ0n) is 10.3. The van der Waals surface area contributed by atoms with Crippen LogP contribution < -0.4 is 10.5 Å². The summed E-state index contributed by atoms with van der Waals surface area (Å²) in [7, 11) is 0. The molecule has 0 saturated heterocycles. The van der Waals surface area contributed by atoms with Gasteiger partial charge >= 0.3 is 0 Å². The molecule has 1 rings (SSSR count). The third kappa shape index (κ3) is 5.65. The lowest BCUT2D eigenvalue weighted by Crippen LogP contribution is -2.10. The van der Waals surface area contributed by atoms with Gasteiger partial charge in [0.15, 0.2) is 0 Å². The molecular weight excluding hydrogens is 234 g/mol. The molecule has 0 fully saturated rings. The van der Waals surface area contributed by atoms with Crippen molar-refractivity contribution in [1.82, 2.24) is 0 Å². The molecule has 0 heterocycles. The van der Waals surface area contributed by atoms with Crippen molar-refractivity contribution >= 4 is 17.2 Å². The molecule has 17 heavy (non-hydrogen) atoms. The highest BCUT2D eigenvalue weighted by Gasteiger charge is 1.99. The molecule has 0 aliphatic rings. The summed E-state index contributed by atoms with van der Waals surface area (Å²) in [5.41, 5.74) is 6.38. The average molecular weight is 253 g/mol. The number of hydrogen-bond acceptors (Lipinski definition) is 3. The van der Waals surface area contributed by atoms with Gasteiger partial charge in [0, 0.05) is 12.0 Å². The Hall–Kier alpha value is -1.13. The molecule has 0 aliphatic carbocycles. The molecule has 1 aromatic carbocycles. The predicted octanol–water partition coefficient (Wildman–Crippen LogP) is 2.51. The summed E-state index contributed by atoms with van der Waals surface area (Å²) in [5.74, 6) is 0.792. The smallest absolute Gasteiger partial charge is 0.119 e. The zero-order chi connectivity index (χ0) is 12.7. The number of thiocarbonyl (C=S) groups is 1. The quantitative estimate of drug-likeness (QED) is 0.599. The first kappa shape index (κ1) is 13.9. The van der Waals surface area contributed by atoms with E-state index in [0.717, 1.165) is 17.7 Å². The normalized spacial score (nSPS) is 10.5. The van der Waals surface area contributed by atoms with Crippen LogP contribution >= 0.6 is 12.2 Å². The van der Waals surface area contributed by atoms with Gasteiger partial charge in [-0.3, -0.25) is 0 Å². The van der Waals surface area contributed by atoms with Crippen LogP contribution in [-0.2, 0) is 4.74 Å². The molecule has 0 atom stereocenters. The van der Waals surface area contributed by atoms with Gasteiger partial charge < -0.3 is 15.2 Å². The summed E-state index contributed by atoms with van der Waals surface area (Å²) in [6, 6.07) is 7.50. The van der Waals surface area contributed by atoms with Crippen LogP contribution in [0, 0.1) is 0 Å². The maximum absolute atomic E-state index is 5.58. The molecule has 2 N–H and O–H groups in total. The van der Waals surface area contributed by atoms with Gasteiger partial charge in [-0.2, -0.15) is 0 Å². The van der Waals surface area contributed by atoms with Gasteiger partial charge in [-0.1, -0.05) is 24.4 Å². The van der Waals surface area contributed by atoms with Crippen LogP contribution in [-0.4, -0.2) is 24.3 Å². The maximum atomic E-state index is 5.58. The largest absolute Gasteiger partial charge is 0.493 e. The number of rotatable bonds is 7. The fraction of sp³-hybridized carbons (Fsp3) is 0.462. The minimum Gasteiger partial charge on any atom is -0.493 e. The Morgan fingerprint density at radius 3 is 2.76 bits per heavy atom. The van der Waals surface area contributed by atoms with E-state index in [-0.39, 0.29) is 6.10 Å². The van der Waals surface area contributed by atoms with Crippen molar-refractivity contribution in [3.05, 3.63) is 29.8 Å². The lowest BCUT2D eigenvalue weighted by atomic mass is 10.2. The van der Waals surface area contributed by atoms with E-state index >= 15 is 0 Å². The second kappa shape index (κ2) is 7.25. The molecule has 3 nitrogen and oxygen atoms in total. The summed E-state index contributed by atoms with van der Waals surface area (Å²) in [4.78, 5) is 0.388. The molecular formula is C13H19NO2S. The Morgan fingerprint density at radius 1 is 1.35 bits per heavy atom. The van der Waals surface area contributed by atoms with Gasteiger partial charge in [0.2, 0.25) is 0 Å². The number of hydrogen-bond donors (Lipinski definition) is 1. The summed E-state index contributed by atoms with van der Waals surface area (Å²) in [5, 5.41) is 0. The first-order valence-electron chi connectivity index (χ1n) is 5.74. The van der Waals surface area contributed by atoms with Gasteiger partial charge in [-0.05, 0) is 26.0 Å². The van der Waals surface area contributed by atoms with Crippen LogP contribution in [0.1, 0.15) is 25.8 Å². The van der Waals surface area contributed by atoms with Crippen LogP contribution in [0.4, 0.5) is 0 Å². The lowest BCUT2D eigenvalue weighted by molar-refractivity contribution is 0.0694. The van der Waals surface area contributed by atoms with E-state index in [1.807, 2.05) is 38.1 Å². The minimum absolute atomic E-state index is 0.271. The summed E-state index contributed by atoms with van der Waals surface area (Å²) < 4.78 is 11.0.